The Hall–Kier alpha value is -0.640. The molecule has 0 unspecified atom stereocenters. The summed E-state index contributed by atoms with van der Waals surface area (Å²) in [7, 11) is 0. The zero-order valence-corrected chi connectivity index (χ0v) is 10.9. The summed E-state index contributed by atoms with van der Waals surface area (Å²) in [5, 5.41) is 3.34. The highest BCUT2D eigenvalue weighted by atomic mass is 35.5. The minimum atomic E-state index is -0.330. The molecule has 2 nitrogen and oxygen atoms in total. The normalized spacial score (nSPS) is 10.8. The number of benzene rings is 1. The highest BCUT2D eigenvalue weighted by molar-refractivity contribution is 6.30. The Morgan fingerprint density at radius 3 is 2.94 bits per heavy atom. The molecular weight excluding hydrogens is 241 g/mol. The van der Waals surface area contributed by atoms with Crippen LogP contribution in [0.15, 0.2) is 18.2 Å². The molecule has 0 saturated carbocycles. The maximum absolute atomic E-state index is 13.5. The van der Waals surface area contributed by atoms with Crippen LogP contribution >= 0.6 is 11.6 Å². The van der Waals surface area contributed by atoms with Crippen molar-refractivity contribution in [1.82, 2.24) is 5.32 Å². The van der Waals surface area contributed by atoms with Crippen LogP contribution in [-0.2, 0) is 11.3 Å². The first-order chi connectivity index (χ1) is 8.25. The van der Waals surface area contributed by atoms with Crippen LogP contribution in [0, 0.1) is 5.82 Å². The summed E-state index contributed by atoms with van der Waals surface area (Å²) in [6, 6.07) is 5.05. The summed E-state index contributed by atoms with van der Waals surface area (Å²) in [5.74, 6) is -0.330. The van der Waals surface area contributed by atoms with Gasteiger partial charge in [-0.1, -0.05) is 30.7 Å². The zero-order chi connectivity index (χ0) is 12.5. The molecule has 0 spiro atoms. The average molecular weight is 260 g/mol. The van der Waals surface area contributed by atoms with Crippen molar-refractivity contribution >= 4 is 11.6 Å². The standard InChI is InChI=1S/C13H19ClFNO/c1-2-8-17-9-4-7-16-10-11-5-3-6-12(14)13(11)15/h3,5-6,16H,2,4,7-10H2,1H3. The van der Waals surface area contributed by atoms with Crippen LogP contribution in [0.4, 0.5) is 4.39 Å². The van der Waals surface area contributed by atoms with Crippen LogP contribution in [0.2, 0.25) is 5.02 Å². The summed E-state index contributed by atoms with van der Waals surface area (Å²) in [5.41, 5.74) is 0.604. The molecule has 0 fully saturated rings. The van der Waals surface area contributed by atoms with Gasteiger partial charge in [-0.2, -0.15) is 0 Å². The molecule has 0 bridgehead atoms. The number of hydrogen-bond donors (Lipinski definition) is 1. The third-order valence-electron chi connectivity index (χ3n) is 2.34. The highest BCUT2D eigenvalue weighted by Crippen LogP contribution is 2.17. The van der Waals surface area contributed by atoms with E-state index >= 15 is 0 Å². The molecule has 0 atom stereocenters. The summed E-state index contributed by atoms with van der Waals surface area (Å²) < 4.78 is 18.8. The van der Waals surface area contributed by atoms with Crippen LogP contribution in [0.5, 0.6) is 0 Å². The third-order valence-corrected chi connectivity index (χ3v) is 2.63. The smallest absolute Gasteiger partial charge is 0.146 e. The fourth-order valence-electron chi connectivity index (χ4n) is 1.45. The van der Waals surface area contributed by atoms with Crippen molar-refractivity contribution in [1.29, 1.82) is 0 Å². The lowest BCUT2D eigenvalue weighted by Crippen LogP contribution is -2.17. The Kier molecular flexibility index (Phi) is 7.17. The van der Waals surface area contributed by atoms with Crippen LogP contribution in [0.1, 0.15) is 25.3 Å². The van der Waals surface area contributed by atoms with Gasteiger partial charge in [-0.3, -0.25) is 0 Å². The summed E-state index contributed by atoms with van der Waals surface area (Å²) in [6.07, 6.45) is 1.98. The van der Waals surface area contributed by atoms with E-state index in [1.165, 1.54) is 0 Å². The Bertz CT molecular complexity index is 333. The maximum atomic E-state index is 13.5. The largest absolute Gasteiger partial charge is 0.381 e. The lowest BCUT2D eigenvalue weighted by molar-refractivity contribution is 0.132. The van der Waals surface area contributed by atoms with E-state index < -0.39 is 0 Å². The first-order valence-corrected chi connectivity index (χ1v) is 6.35. The fourth-order valence-corrected chi connectivity index (χ4v) is 1.65. The number of halogens is 2. The molecule has 17 heavy (non-hydrogen) atoms. The Labute approximate surface area is 107 Å². The molecule has 4 heteroatoms. The Balaban J connectivity index is 2.16. The van der Waals surface area contributed by atoms with Crippen molar-refractivity contribution in [2.45, 2.75) is 26.3 Å². The van der Waals surface area contributed by atoms with Gasteiger partial charge >= 0.3 is 0 Å². The molecular formula is C13H19ClFNO. The van der Waals surface area contributed by atoms with Crippen LogP contribution in [0.3, 0.4) is 0 Å². The predicted octanol–water partition coefficient (Wildman–Crippen LogP) is 3.39. The topological polar surface area (TPSA) is 21.3 Å². The lowest BCUT2D eigenvalue weighted by atomic mass is 10.2. The second-order valence-corrected chi connectivity index (χ2v) is 4.26. The van der Waals surface area contributed by atoms with Crippen molar-refractivity contribution in [3.05, 3.63) is 34.6 Å². The first-order valence-electron chi connectivity index (χ1n) is 5.97. The van der Waals surface area contributed by atoms with Crippen LogP contribution in [0.25, 0.3) is 0 Å². The lowest BCUT2D eigenvalue weighted by Gasteiger charge is -2.07. The molecule has 1 aromatic rings. The number of nitrogens with one attached hydrogen (secondary N) is 1. The van der Waals surface area contributed by atoms with Crippen molar-refractivity contribution in [2.24, 2.45) is 0 Å². The first kappa shape index (κ1) is 14.4. The van der Waals surface area contributed by atoms with Gasteiger partial charge in [-0.15, -0.1) is 0 Å². The molecule has 0 radical (unpaired) electrons. The van der Waals surface area contributed by atoms with E-state index in [1.54, 1.807) is 18.2 Å². The zero-order valence-electron chi connectivity index (χ0n) is 10.1. The average Bonchev–Trinajstić information content (AvgIpc) is 2.33. The van der Waals surface area contributed by atoms with Gasteiger partial charge in [-0.05, 0) is 25.5 Å². The van der Waals surface area contributed by atoms with Gasteiger partial charge in [0, 0.05) is 25.3 Å². The van der Waals surface area contributed by atoms with E-state index in [1.807, 2.05) is 0 Å². The molecule has 1 rings (SSSR count). The van der Waals surface area contributed by atoms with E-state index in [0.717, 1.165) is 32.6 Å². The van der Waals surface area contributed by atoms with E-state index in [0.29, 0.717) is 12.1 Å². The SMILES string of the molecule is CCCOCCCNCc1cccc(Cl)c1F. The van der Waals surface area contributed by atoms with E-state index in [9.17, 15) is 4.39 Å². The van der Waals surface area contributed by atoms with Gasteiger partial charge in [0.05, 0.1) is 5.02 Å². The van der Waals surface area contributed by atoms with Crippen molar-refractivity contribution in [3.8, 4) is 0 Å². The van der Waals surface area contributed by atoms with Gasteiger partial charge < -0.3 is 10.1 Å². The highest BCUT2D eigenvalue weighted by Gasteiger charge is 2.04. The van der Waals surface area contributed by atoms with E-state index in [2.05, 4.69) is 12.2 Å². The molecule has 0 aromatic heterocycles. The Morgan fingerprint density at radius 1 is 1.35 bits per heavy atom. The van der Waals surface area contributed by atoms with Crippen LogP contribution < -0.4 is 5.32 Å². The minimum Gasteiger partial charge on any atom is -0.381 e. The summed E-state index contributed by atoms with van der Waals surface area (Å²) >= 11 is 5.69. The van der Waals surface area contributed by atoms with Gasteiger partial charge in [0.15, 0.2) is 0 Å². The maximum Gasteiger partial charge on any atom is 0.146 e. The fraction of sp³-hybridized carbons (Fsp3) is 0.538. The van der Waals surface area contributed by atoms with E-state index in [-0.39, 0.29) is 10.8 Å². The predicted molar refractivity (Wildman–Crippen MR) is 68.8 cm³/mol. The molecule has 96 valence electrons. The summed E-state index contributed by atoms with van der Waals surface area (Å²) in [4.78, 5) is 0. The minimum absolute atomic E-state index is 0.176. The molecule has 0 aliphatic carbocycles. The molecule has 1 N–H and O–H groups in total. The molecule has 0 heterocycles. The molecule has 0 aliphatic heterocycles. The molecule has 1 aromatic carbocycles. The molecule has 0 saturated heterocycles. The van der Waals surface area contributed by atoms with Crippen molar-refractivity contribution < 1.29 is 9.13 Å². The second kappa shape index (κ2) is 8.45. The van der Waals surface area contributed by atoms with Crippen LogP contribution in [-0.4, -0.2) is 19.8 Å². The number of rotatable bonds is 8. The third kappa shape index (κ3) is 5.48. The summed E-state index contributed by atoms with van der Waals surface area (Å²) in [6.45, 7) is 4.96. The van der Waals surface area contributed by atoms with Crippen molar-refractivity contribution in [3.63, 3.8) is 0 Å². The second-order valence-electron chi connectivity index (χ2n) is 3.86. The quantitative estimate of drug-likeness (QED) is 0.723. The molecule has 0 amide bonds. The number of hydrogen-bond acceptors (Lipinski definition) is 2. The van der Waals surface area contributed by atoms with Gasteiger partial charge in [0.1, 0.15) is 5.82 Å². The monoisotopic (exact) mass is 259 g/mol. The number of ether oxygens (including phenoxy) is 1. The van der Waals surface area contributed by atoms with Gasteiger partial charge in [0.25, 0.3) is 0 Å². The van der Waals surface area contributed by atoms with E-state index in [4.69, 9.17) is 16.3 Å². The van der Waals surface area contributed by atoms with Gasteiger partial charge in [0.2, 0.25) is 0 Å². The molecule has 0 aliphatic rings. The van der Waals surface area contributed by atoms with Gasteiger partial charge in [-0.25, -0.2) is 4.39 Å². The Morgan fingerprint density at radius 2 is 2.18 bits per heavy atom. The van der Waals surface area contributed by atoms with Crippen molar-refractivity contribution in [2.75, 3.05) is 19.8 Å².